The summed E-state index contributed by atoms with van der Waals surface area (Å²) in [4.78, 5) is 0. The normalized spacial score (nSPS) is 31.6. The summed E-state index contributed by atoms with van der Waals surface area (Å²) in [6.45, 7) is 12.3. The fourth-order valence-electron chi connectivity index (χ4n) is 7.24. The van der Waals surface area contributed by atoms with Crippen molar-refractivity contribution in [1.29, 1.82) is 0 Å². The third-order valence-corrected chi connectivity index (χ3v) is 12.4. The zero-order chi connectivity index (χ0) is 39.5. The first kappa shape index (κ1) is 50.6. The largest absolute Gasteiger partial charge is 0.393 e. The lowest BCUT2D eigenvalue weighted by molar-refractivity contribution is -0.124. The van der Waals surface area contributed by atoms with Crippen LogP contribution in [0.15, 0.2) is 0 Å². The lowest BCUT2D eigenvalue weighted by atomic mass is 9.83. The summed E-state index contributed by atoms with van der Waals surface area (Å²) >= 11 is 0. The Bertz CT molecular complexity index is 733. The van der Waals surface area contributed by atoms with Crippen LogP contribution < -0.4 is 0 Å². The number of hydrogen-bond donors (Lipinski definition) is 1. The summed E-state index contributed by atoms with van der Waals surface area (Å²) in [6, 6.07) is 0. The van der Waals surface area contributed by atoms with Crippen LogP contribution in [0.5, 0.6) is 0 Å². The number of aliphatic hydroxyl groups excluding tert-OH is 1. The van der Waals surface area contributed by atoms with E-state index in [-0.39, 0.29) is 37.2 Å². The standard InChI is InChI=1S/C7H14.C6H12.2C5H8F2.C5H9F.C5H10O.2C5H10.C4H8/c1-2-4-6-7-5-3-1;1-2-4-6-5-3-1;1-4-2-5(6,7)3-4;1-4-2-3-5(4,6)7;2*1-4-2-5(6)3-4;1-5-3-2-4-5;1-2-4-5-3-1;1-4-2-3-4/h1-7H2;1-6H2;2*4H,2-3H2,1H3;4-5H,2-3H2,1H3;4-6H,2-3H2,1H3;5H,2-4H2,1H3;1-5H2;4H,2-3H2,1H3. The van der Waals surface area contributed by atoms with Crippen molar-refractivity contribution < 1.29 is 27.1 Å². The minimum atomic E-state index is -2.32. The number of aliphatic hydroxyl groups is 1. The summed E-state index contributed by atoms with van der Waals surface area (Å²) in [5.41, 5.74) is 0. The smallest absolute Gasteiger partial charge is 0.250 e. The zero-order valence-corrected chi connectivity index (χ0v) is 35.9. The molecule has 318 valence electrons. The first-order valence-corrected chi connectivity index (χ1v) is 23.2. The quantitative estimate of drug-likeness (QED) is 0.192. The zero-order valence-electron chi connectivity index (χ0n) is 35.9. The lowest BCUT2D eigenvalue weighted by Crippen LogP contribution is -2.36. The summed E-state index contributed by atoms with van der Waals surface area (Å²) in [6.07, 6.45) is 38.7. The summed E-state index contributed by atoms with van der Waals surface area (Å²) < 4.78 is 59.2. The van der Waals surface area contributed by atoms with E-state index in [4.69, 9.17) is 5.11 Å². The Kier molecular flexibility index (Phi) is 28.5. The van der Waals surface area contributed by atoms with Gasteiger partial charge in [0.2, 0.25) is 5.92 Å². The van der Waals surface area contributed by atoms with Gasteiger partial charge in [-0.1, -0.05) is 189 Å². The van der Waals surface area contributed by atoms with Crippen LogP contribution in [0.4, 0.5) is 22.0 Å². The van der Waals surface area contributed by atoms with E-state index in [0.29, 0.717) is 12.3 Å². The van der Waals surface area contributed by atoms with Gasteiger partial charge in [-0.15, -0.1) is 0 Å². The Hall–Kier alpha value is -0.390. The van der Waals surface area contributed by atoms with Crippen molar-refractivity contribution in [2.24, 2.45) is 35.5 Å². The van der Waals surface area contributed by atoms with Crippen LogP contribution in [0.25, 0.3) is 0 Å². The molecular weight excluding hydrogens is 676 g/mol. The molecule has 0 radical (unpaired) electrons. The fourth-order valence-corrected chi connectivity index (χ4v) is 7.24. The highest BCUT2D eigenvalue weighted by Gasteiger charge is 2.44. The molecule has 53 heavy (non-hydrogen) atoms. The maximum Gasteiger partial charge on any atom is 0.250 e. The summed E-state index contributed by atoms with van der Waals surface area (Å²) in [5, 5.41) is 8.62. The van der Waals surface area contributed by atoms with Crippen molar-refractivity contribution in [1.82, 2.24) is 0 Å². The molecule has 0 aromatic heterocycles. The van der Waals surface area contributed by atoms with E-state index in [9.17, 15) is 22.0 Å². The van der Waals surface area contributed by atoms with Crippen LogP contribution in [-0.4, -0.2) is 29.2 Å². The maximum atomic E-state index is 11.9. The van der Waals surface area contributed by atoms with Crippen LogP contribution in [0.1, 0.15) is 241 Å². The average molecular weight is 765 g/mol. The predicted molar refractivity (Wildman–Crippen MR) is 219 cm³/mol. The van der Waals surface area contributed by atoms with E-state index in [1.54, 1.807) is 6.92 Å². The van der Waals surface area contributed by atoms with Gasteiger partial charge in [0.15, 0.2) is 0 Å². The van der Waals surface area contributed by atoms with Crippen LogP contribution >= 0.6 is 0 Å². The Morgan fingerprint density at radius 3 is 0.698 bits per heavy atom. The second-order valence-electron chi connectivity index (χ2n) is 19.1. The van der Waals surface area contributed by atoms with Crippen LogP contribution in [0.3, 0.4) is 0 Å². The summed E-state index contributed by atoms with van der Waals surface area (Å²) in [5.74, 6) is -1.11. The first-order valence-electron chi connectivity index (χ1n) is 23.2. The van der Waals surface area contributed by atoms with E-state index in [0.717, 1.165) is 43.4 Å². The monoisotopic (exact) mass is 765 g/mol. The minimum absolute atomic E-state index is 0.0417. The van der Waals surface area contributed by atoms with Crippen molar-refractivity contribution >= 4 is 0 Å². The van der Waals surface area contributed by atoms with Gasteiger partial charge in [-0.05, 0) is 61.7 Å². The molecule has 6 heteroatoms. The number of hydrogen-bond acceptors (Lipinski definition) is 1. The SMILES string of the molecule is C1CCCC1.C1CCCCC1.C1CCCCCC1.CC1CC(F)(F)C1.CC1CC(F)C1.CC1CC(O)C1.CC1CC1.CC1CCC1.CC1CCC1(F)F. The summed E-state index contributed by atoms with van der Waals surface area (Å²) in [7, 11) is 0. The Morgan fingerprint density at radius 1 is 0.396 bits per heavy atom. The van der Waals surface area contributed by atoms with Crippen LogP contribution in [-0.2, 0) is 0 Å². The maximum absolute atomic E-state index is 11.9. The lowest BCUT2D eigenvalue weighted by Gasteiger charge is -2.32. The molecule has 9 saturated carbocycles. The van der Waals surface area contributed by atoms with Crippen molar-refractivity contribution in [3.8, 4) is 0 Å². The topological polar surface area (TPSA) is 20.2 Å². The molecule has 1 atom stereocenters. The van der Waals surface area contributed by atoms with E-state index >= 15 is 0 Å². The van der Waals surface area contributed by atoms with Crippen LogP contribution in [0.2, 0.25) is 0 Å². The molecule has 9 rings (SSSR count). The molecule has 0 amide bonds. The highest BCUT2D eigenvalue weighted by Crippen LogP contribution is 2.43. The second-order valence-corrected chi connectivity index (χ2v) is 19.1. The molecule has 0 bridgehead atoms. The van der Waals surface area contributed by atoms with Gasteiger partial charge in [0.05, 0.1) is 6.10 Å². The van der Waals surface area contributed by atoms with Gasteiger partial charge in [-0.3, -0.25) is 0 Å². The van der Waals surface area contributed by atoms with Crippen molar-refractivity contribution in [2.45, 2.75) is 265 Å². The molecule has 9 fully saturated rings. The second kappa shape index (κ2) is 29.8. The van der Waals surface area contributed by atoms with Crippen molar-refractivity contribution in [3.05, 3.63) is 0 Å². The molecule has 1 N–H and O–H groups in total. The van der Waals surface area contributed by atoms with E-state index in [1.807, 2.05) is 6.92 Å². The van der Waals surface area contributed by atoms with E-state index in [2.05, 4.69) is 27.7 Å². The molecule has 0 aliphatic heterocycles. The van der Waals surface area contributed by atoms with E-state index < -0.39 is 18.0 Å². The van der Waals surface area contributed by atoms with Crippen LogP contribution in [0, 0.1) is 35.5 Å². The molecule has 9 aliphatic carbocycles. The van der Waals surface area contributed by atoms with E-state index in [1.165, 1.54) is 148 Å². The molecule has 0 heterocycles. The molecule has 1 unspecified atom stereocenters. The van der Waals surface area contributed by atoms with Crippen molar-refractivity contribution in [2.75, 3.05) is 0 Å². The minimum Gasteiger partial charge on any atom is -0.393 e. The molecular formula is C47H89F5O. The first-order chi connectivity index (χ1) is 25.1. The van der Waals surface area contributed by atoms with Gasteiger partial charge in [-0.25, -0.2) is 22.0 Å². The van der Waals surface area contributed by atoms with Gasteiger partial charge in [0.1, 0.15) is 6.17 Å². The molecule has 0 aromatic carbocycles. The molecule has 1 nitrogen and oxygen atoms in total. The molecule has 0 saturated heterocycles. The van der Waals surface area contributed by atoms with Gasteiger partial charge in [-0.2, -0.15) is 0 Å². The number of halogens is 5. The number of alkyl halides is 5. The van der Waals surface area contributed by atoms with Gasteiger partial charge in [0, 0.05) is 25.2 Å². The highest BCUT2D eigenvalue weighted by molar-refractivity contribution is 4.84. The molecule has 0 aromatic rings. The Morgan fingerprint density at radius 2 is 0.679 bits per heavy atom. The Balaban J connectivity index is 0.000000299. The Labute approximate surface area is 326 Å². The highest BCUT2D eigenvalue weighted by atomic mass is 19.3. The average Bonchev–Trinajstić information content (AvgIpc) is 3.74. The third kappa shape index (κ3) is 30.4. The van der Waals surface area contributed by atoms with Gasteiger partial charge in [0.25, 0.3) is 5.92 Å². The van der Waals surface area contributed by atoms with Gasteiger partial charge >= 0.3 is 0 Å². The third-order valence-electron chi connectivity index (χ3n) is 12.4. The van der Waals surface area contributed by atoms with Gasteiger partial charge < -0.3 is 5.11 Å². The fraction of sp³-hybridized carbons (Fsp3) is 1.00. The predicted octanol–water partition coefficient (Wildman–Crippen LogP) is 16.9. The molecule has 0 spiro atoms. The molecule has 9 aliphatic rings. The van der Waals surface area contributed by atoms with Crippen molar-refractivity contribution in [3.63, 3.8) is 0 Å². The number of rotatable bonds is 0.